The fourth-order valence-electron chi connectivity index (χ4n) is 1.62. The van der Waals surface area contributed by atoms with Crippen molar-refractivity contribution in [3.05, 3.63) is 50.2 Å². The van der Waals surface area contributed by atoms with E-state index in [4.69, 9.17) is 16.7 Å². The molecule has 0 aliphatic carbocycles. The molecular weight excluding hydrogens is 319 g/mol. The Morgan fingerprint density at radius 2 is 2.19 bits per heavy atom. The van der Waals surface area contributed by atoms with E-state index in [1.54, 1.807) is 6.92 Å². The van der Waals surface area contributed by atoms with Gasteiger partial charge in [-0.3, -0.25) is 4.79 Å². The summed E-state index contributed by atoms with van der Waals surface area (Å²) in [4.78, 5) is 27.0. The van der Waals surface area contributed by atoms with Gasteiger partial charge in [0.1, 0.15) is 15.7 Å². The Labute approximate surface area is 128 Å². The van der Waals surface area contributed by atoms with Gasteiger partial charge in [-0.05, 0) is 25.1 Å². The van der Waals surface area contributed by atoms with Gasteiger partial charge in [-0.2, -0.15) is 0 Å². The molecule has 1 heterocycles. The highest BCUT2D eigenvalue weighted by Gasteiger charge is 2.15. The van der Waals surface area contributed by atoms with Crippen molar-refractivity contribution in [3.8, 4) is 0 Å². The van der Waals surface area contributed by atoms with Crippen LogP contribution in [0.5, 0.6) is 0 Å². The van der Waals surface area contributed by atoms with Crippen LogP contribution in [0.15, 0.2) is 18.2 Å². The molecule has 0 unspecified atom stereocenters. The normalized spacial score (nSPS) is 10.4. The Kier molecular flexibility index (Phi) is 4.54. The number of hydrogen-bond donors (Lipinski definition) is 2. The standard InChI is InChI=1S/C13H10ClFN2O3S/c1-6-11(13(19)20)21-10(17-6)5-16-12(18)7-2-3-9(15)8(14)4-7/h2-4H,5H2,1H3,(H,16,18)(H,19,20). The van der Waals surface area contributed by atoms with E-state index in [9.17, 15) is 14.0 Å². The number of nitrogens with one attached hydrogen (secondary N) is 1. The second kappa shape index (κ2) is 6.19. The molecule has 110 valence electrons. The van der Waals surface area contributed by atoms with E-state index in [-0.39, 0.29) is 22.0 Å². The highest BCUT2D eigenvalue weighted by molar-refractivity contribution is 7.13. The molecule has 0 atom stereocenters. The molecule has 1 aromatic carbocycles. The maximum atomic E-state index is 13.0. The lowest BCUT2D eigenvalue weighted by atomic mass is 10.2. The largest absolute Gasteiger partial charge is 0.477 e. The van der Waals surface area contributed by atoms with Gasteiger partial charge in [0.25, 0.3) is 5.91 Å². The van der Waals surface area contributed by atoms with Gasteiger partial charge in [-0.1, -0.05) is 11.6 Å². The average Bonchev–Trinajstić information content (AvgIpc) is 2.80. The maximum Gasteiger partial charge on any atom is 0.347 e. The molecule has 0 radical (unpaired) electrons. The van der Waals surface area contributed by atoms with Crippen LogP contribution in [0.1, 0.15) is 30.7 Å². The van der Waals surface area contributed by atoms with Crippen molar-refractivity contribution < 1.29 is 19.1 Å². The molecular formula is C13H10ClFN2O3S. The number of benzene rings is 1. The van der Waals surface area contributed by atoms with Crippen molar-refractivity contribution in [1.29, 1.82) is 0 Å². The van der Waals surface area contributed by atoms with E-state index in [1.807, 2.05) is 0 Å². The molecule has 2 aromatic rings. The summed E-state index contributed by atoms with van der Waals surface area (Å²) < 4.78 is 13.0. The Bertz CT molecular complexity index is 717. The van der Waals surface area contributed by atoms with Crippen LogP contribution in [-0.4, -0.2) is 22.0 Å². The molecule has 0 aliphatic rings. The molecule has 8 heteroatoms. The van der Waals surface area contributed by atoms with Crippen molar-refractivity contribution >= 4 is 34.8 Å². The maximum absolute atomic E-state index is 13.0. The lowest BCUT2D eigenvalue weighted by molar-refractivity contribution is 0.0701. The van der Waals surface area contributed by atoms with Crippen molar-refractivity contribution in [2.75, 3.05) is 0 Å². The minimum Gasteiger partial charge on any atom is -0.477 e. The molecule has 0 fully saturated rings. The molecule has 0 bridgehead atoms. The van der Waals surface area contributed by atoms with E-state index in [2.05, 4.69) is 10.3 Å². The summed E-state index contributed by atoms with van der Waals surface area (Å²) in [5, 5.41) is 11.8. The predicted molar refractivity (Wildman–Crippen MR) is 76.4 cm³/mol. The Morgan fingerprint density at radius 1 is 1.48 bits per heavy atom. The molecule has 5 nitrogen and oxygen atoms in total. The zero-order valence-corrected chi connectivity index (χ0v) is 12.4. The second-order valence-corrected chi connectivity index (χ2v) is 5.63. The highest BCUT2D eigenvalue weighted by Crippen LogP contribution is 2.19. The number of amides is 1. The summed E-state index contributed by atoms with van der Waals surface area (Å²) in [6, 6.07) is 3.64. The average molecular weight is 329 g/mol. The van der Waals surface area contributed by atoms with Crippen molar-refractivity contribution in [3.63, 3.8) is 0 Å². The van der Waals surface area contributed by atoms with Crippen LogP contribution in [0, 0.1) is 12.7 Å². The molecule has 0 saturated heterocycles. The molecule has 2 rings (SSSR count). The van der Waals surface area contributed by atoms with Crippen LogP contribution in [0.25, 0.3) is 0 Å². The number of halogens is 2. The van der Waals surface area contributed by atoms with Gasteiger partial charge in [0.05, 0.1) is 17.3 Å². The van der Waals surface area contributed by atoms with Crippen LogP contribution < -0.4 is 5.32 Å². The summed E-state index contributed by atoms with van der Waals surface area (Å²) in [5.74, 6) is -2.09. The predicted octanol–water partition coefficient (Wildman–Crippen LogP) is 2.87. The van der Waals surface area contributed by atoms with Crippen LogP contribution in [0.2, 0.25) is 5.02 Å². The summed E-state index contributed by atoms with van der Waals surface area (Å²) in [6.07, 6.45) is 0. The van der Waals surface area contributed by atoms with Crippen LogP contribution >= 0.6 is 22.9 Å². The third-order valence-electron chi connectivity index (χ3n) is 2.62. The number of thiazole rings is 1. The number of carboxylic acid groups (broad SMARTS) is 1. The van der Waals surface area contributed by atoms with Gasteiger partial charge < -0.3 is 10.4 Å². The lowest BCUT2D eigenvalue weighted by Crippen LogP contribution is -2.22. The van der Waals surface area contributed by atoms with E-state index in [1.165, 1.54) is 12.1 Å². The molecule has 1 amide bonds. The number of aryl methyl sites for hydroxylation is 1. The molecule has 0 spiro atoms. The molecule has 21 heavy (non-hydrogen) atoms. The van der Waals surface area contributed by atoms with Crippen LogP contribution in [0.4, 0.5) is 4.39 Å². The SMILES string of the molecule is Cc1nc(CNC(=O)c2ccc(F)c(Cl)c2)sc1C(=O)O. The number of rotatable bonds is 4. The first-order valence-electron chi connectivity index (χ1n) is 5.81. The monoisotopic (exact) mass is 328 g/mol. The van der Waals surface area contributed by atoms with Crippen molar-refractivity contribution in [2.24, 2.45) is 0 Å². The summed E-state index contributed by atoms with van der Waals surface area (Å²) >= 11 is 6.60. The van der Waals surface area contributed by atoms with Gasteiger partial charge in [0, 0.05) is 5.56 Å². The molecule has 1 aromatic heterocycles. The lowest BCUT2D eigenvalue weighted by Gasteiger charge is -2.04. The first kappa shape index (κ1) is 15.4. The Morgan fingerprint density at radius 3 is 2.76 bits per heavy atom. The number of carbonyl (C=O) groups is 2. The molecule has 0 saturated carbocycles. The van der Waals surface area contributed by atoms with Gasteiger partial charge in [-0.15, -0.1) is 11.3 Å². The minimum absolute atomic E-state index is 0.0899. The highest BCUT2D eigenvalue weighted by atomic mass is 35.5. The Hall–Kier alpha value is -1.99. The number of hydrogen-bond acceptors (Lipinski definition) is 4. The quantitative estimate of drug-likeness (QED) is 0.904. The number of carbonyl (C=O) groups excluding carboxylic acids is 1. The van der Waals surface area contributed by atoms with E-state index in [0.717, 1.165) is 17.4 Å². The third kappa shape index (κ3) is 3.56. The summed E-state index contributed by atoms with van der Waals surface area (Å²) in [7, 11) is 0. The summed E-state index contributed by atoms with van der Waals surface area (Å²) in [6.45, 7) is 1.68. The first-order valence-corrected chi connectivity index (χ1v) is 7.00. The molecule has 0 aliphatic heterocycles. The van der Waals surface area contributed by atoms with Gasteiger partial charge in [-0.25, -0.2) is 14.2 Å². The number of aromatic nitrogens is 1. The number of aromatic carboxylic acids is 1. The van der Waals surface area contributed by atoms with Crippen LogP contribution in [0.3, 0.4) is 0 Å². The first-order chi connectivity index (χ1) is 9.88. The van der Waals surface area contributed by atoms with E-state index >= 15 is 0 Å². The zero-order chi connectivity index (χ0) is 15.6. The second-order valence-electron chi connectivity index (χ2n) is 4.14. The third-order valence-corrected chi connectivity index (χ3v) is 4.05. The Balaban J connectivity index is 2.05. The topological polar surface area (TPSA) is 79.3 Å². The van der Waals surface area contributed by atoms with Gasteiger partial charge in [0.15, 0.2) is 0 Å². The minimum atomic E-state index is -1.05. The smallest absolute Gasteiger partial charge is 0.347 e. The van der Waals surface area contributed by atoms with Gasteiger partial charge in [0.2, 0.25) is 0 Å². The van der Waals surface area contributed by atoms with Crippen molar-refractivity contribution in [1.82, 2.24) is 10.3 Å². The summed E-state index contributed by atoms with van der Waals surface area (Å²) in [5.41, 5.74) is 0.620. The molecule has 2 N–H and O–H groups in total. The number of carboxylic acids is 1. The van der Waals surface area contributed by atoms with Crippen molar-refractivity contribution in [2.45, 2.75) is 13.5 Å². The van der Waals surface area contributed by atoms with Crippen LogP contribution in [-0.2, 0) is 6.54 Å². The fraction of sp³-hybridized carbons (Fsp3) is 0.154. The number of nitrogens with zero attached hydrogens (tertiary/aromatic N) is 1. The fourth-order valence-corrected chi connectivity index (χ4v) is 2.65. The zero-order valence-electron chi connectivity index (χ0n) is 10.8. The van der Waals surface area contributed by atoms with E-state index < -0.39 is 17.7 Å². The van der Waals surface area contributed by atoms with Gasteiger partial charge >= 0.3 is 5.97 Å². The van der Waals surface area contributed by atoms with E-state index in [0.29, 0.717) is 10.7 Å².